The molecule has 1 aromatic heterocycles. The summed E-state index contributed by atoms with van der Waals surface area (Å²) in [5.74, 6) is -0.132. The molecular weight excluding hydrogens is 422 g/mol. The summed E-state index contributed by atoms with van der Waals surface area (Å²) in [6.07, 6.45) is 3.52. The van der Waals surface area contributed by atoms with E-state index in [1.165, 1.54) is 0 Å². The van der Waals surface area contributed by atoms with Crippen LogP contribution in [0.2, 0.25) is 5.02 Å². The normalized spacial score (nSPS) is 17.4. The standard InChI is InChI=1S/C22H22ClN3O3S/c23-17-5-4-15-13-20(24-19(15)14-17)22(27)26-11-8-16-12-18(6-7-21(16)26)30(28,29)25-9-2-1-3-10-25/h4-7,12-14,24H,1-3,8-11H2. The molecule has 0 aliphatic carbocycles. The van der Waals surface area contributed by atoms with Gasteiger partial charge in [0.05, 0.1) is 4.90 Å². The van der Waals surface area contributed by atoms with E-state index < -0.39 is 10.0 Å². The number of halogens is 1. The van der Waals surface area contributed by atoms with Crippen LogP contribution in [0.15, 0.2) is 47.4 Å². The number of piperidine rings is 1. The van der Waals surface area contributed by atoms with E-state index in [1.807, 2.05) is 12.1 Å². The number of H-pyrrole nitrogens is 1. The first-order valence-corrected chi connectivity index (χ1v) is 12.0. The number of hydrogen-bond acceptors (Lipinski definition) is 3. The molecule has 0 atom stereocenters. The Morgan fingerprint density at radius 3 is 2.57 bits per heavy atom. The fraction of sp³-hybridized carbons (Fsp3) is 0.318. The van der Waals surface area contributed by atoms with Crippen molar-refractivity contribution in [2.75, 3.05) is 24.5 Å². The molecule has 2 aliphatic rings. The number of amides is 1. The lowest BCUT2D eigenvalue weighted by molar-refractivity contribution is 0.0985. The van der Waals surface area contributed by atoms with Crippen molar-refractivity contribution in [1.29, 1.82) is 0 Å². The number of rotatable bonds is 3. The molecule has 3 aromatic rings. The van der Waals surface area contributed by atoms with Gasteiger partial charge in [-0.2, -0.15) is 4.31 Å². The van der Waals surface area contributed by atoms with Crippen LogP contribution in [0.4, 0.5) is 5.69 Å². The fourth-order valence-electron chi connectivity index (χ4n) is 4.36. The van der Waals surface area contributed by atoms with Gasteiger partial charge < -0.3 is 9.88 Å². The maximum absolute atomic E-state index is 13.1. The zero-order valence-corrected chi connectivity index (χ0v) is 18.0. The molecule has 8 heteroatoms. The number of carbonyl (C=O) groups is 1. The first kappa shape index (κ1) is 19.6. The van der Waals surface area contributed by atoms with Crippen LogP contribution in [0.3, 0.4) is 0 Å². The minimum absolute atomic E-state index is 0.132. The van der Waals surface area contributed by atoms with Crippen LogP contribution in [-0.4, -0.2) is 43.2 Å². The Hall–Kier alpha value is -2.35. The van der Waals surface area contributed by atoms with Crippen LogP contribution in [0.1, 0.15) is 35.3 Å². The molecule has 1 fully saturated rings. The second kappa shape index (κ2) is 7.41. The highest BCUT2D eigenvalue weighted by atomic mass is 35.5. The molecule has 1 amide bonds. The van der Waals surface area contributed by atoms with E-state index >= 15 is 0 Å². The third kappa shape index (κ3) is 3.31. The minimum Gasteiger partial charge on any atom is -0.350 e. The number of benzene rings is 2. The van der Waals surface area contributed by atoms with E-state index in [0.29, 0.717) is 41.7 Å². The maximum Gasteiger partial charge on any atom is 0.274 e. The Kier molecular flexibility index (Phi) is 4.84. The molecule has 2 aromatic carbocycles. The SMILES string of the molecule is O=C(c1cc2ccc(Cl)cc2[nH]1)N1CCc2cc(S(=O)(=O)N3CCCCC3)ccc21. The third-order valence-electron chi connectivity index (χ3n) is 5.96. The molecule has 1 N–H and O–H groups in total. The highest BCUT2D eigenvalue weighted by Gasteiger charge is 2.30. The summed E-state index contributed by atoms with van der Waals surface area (Å²) in [5.41, 5.74) is 2.97. The monoisotopic (exact) mass is 443 g/mol. The molecule has 6 nitrogen and oxygen atoms in total. The van der Waals surface area contributed by atoms with Crippen molar-refractivity contribution >= 4 is 44.1 Å². The Balaban J connectivity index is 1.43. The van der Waals surface area contributed by atoms with E-state index in [-0.39, 0.29) is 5.91 Å². The van der Waals surface area contributed by atoms with E-state index in [9.17, 15) is 13.2 Å². The predicted octanol–water partition coefficient (Wildman–Crippen LogP) is 4.20. The molecule has 3 heterocycles. The minimum atomic E-state index is -3.48. The van der Waals surface area contributed by atoms with Gasteiger partial charge in [0.25, 0.3) is 5.91 Å². The van der Waals surface area contributed by atoms with Crippen LogP contribution < -0.4 is 4.90 Å². The number of nitrogens with one attached hydrogen (secondary N) is 1. The highest BCUT2D eigenvalue weighted by Crippen LogP contribution is 2.33. The molecule has 0 saturated carbocycles. The molecule has 0 spiro atoms. The van der Waals surface area contributed by atoms with Gasteiger partial charge in [0.15, 0.2) is 0 Å². The Morgan fingerprint density at radius 1 is 0.967 bits per heavy atom. The smallest absolute Gasteiger partial charge is 0.274 e. The summed E-state index contributed by atoms with van der Waals surface area (Å²) in [7, 11) is -3.48. The molecule has 0 bridgehead atoms. The van der Waals surface area contributed by atoms with Crippen LogP contribution >= 0.6 is 11.6 Å². The molecular formula is C22H22ClN3O3S. The van der Waals surface area contributed by atoms with Crippen LogP contribution in [0.25, 0.3) is 10.9 Å². The van der Waals surface area contributed by atoms with Gasteiger partial charge in [-0.15, -0.1) is 0 Å². The molecule has 0 radical (unpaired) electrons. The highest BCUT2D eigenvalue weighted by molar-refractivity contribution is 7.89. The largest absolute Gasteiger partial charge is 0.350 e. The lowest BCUT2D eigenvalue weighted by atomic mass is 10.2. The average Bonchev–Trinajstić information content (AvgIpc) is 3.37. The number of hydrogen-bond donors (Lipinski definition) is 1. The summed E-state index contributed by atoms with van der Waals surface area (Å²) in [6, 6.07) is 12.4. The summed E-state index contributed by atoms with van der Waals surface area (Å²) in [4.78, 5) is 18.3. The predicted molar refractivity (Wildman–Crippen MR) is 118 cm³/mol. The number of aromatic amines is 1. The third-order valence-corrected chi connectivity index (χ3v) is 8.09. The van der Waals surface area contributed by atoms with E-state index in [0.717, 1.165) is 41.4 Å². The van der Waals surface area contributed by atoms with E-state index in [1.54, 1.807) is 39.5 Å². The van der Waals surface area contributed by atoms with Crippen molar-refractivity contribution < 1.29 is 13.2 Å². The molecule has 2 aliphatic heterocycles. The number of sulfonamides is 1. The Morgan fingerprint density at radius 2 is 1.77 bits per heavy atom. The molecule has 5 rings (SSSR count). The van der Waals surface area contributed by atoms with Crippen LogP contribution in [0.5, 0.6) is 0 Å². The first-order chi connectivity index (χ1) is 14.4. The zero-order chi connectivity index (χ0) is 20.9. The van der Waals surface area contributed by atoms with E-state index in [4.69, 9.17) is 11.6 Å². The molecule has 1 saturated heterocycles. The Bertz CT molecular complexity index is 1250. The number of carbonyl (C=O) groups excluding carboxylic acids is 1. The van der Waals surface area contributed by atoms with E-state index in [2.05, 4.69) is 4.98 Å². The molecule has 30 heavy (non-hydrogen) atoms. The summed E-state index contributed by atoms with van der Waals surface area (Å²) >= 11 is 6.04. The van der Waals surface area contributed by atoms with Gasteiger partial charge in [-0.05, 0) is 61.2 Å². The molecule has 156 valence electrons. The van der Waals surface area contributed by atoms with Crippen LogP contribution in [-0.2, 0) is 16.4 Å². The molecule has 0 unspecified atom stereocenters. The second-order valence-corrected chi connectivity index (χ2v) is 10.3. The lowest BCUT2D eigenvalue weighted by Gasteiger charge is -2.26. The summed E-state index contributed by atoms with van der Waals surface area (Å²) in [5, 5.41) is 1.53. The number of anilines is 1. The van der Waals surface area contributed by atoms with Crippen molar-refractivity contribution in [3.8, 4) is 0 Å². The number of nitrogens with zero attached hydrogens (tertiary/aromatic N) is 2. The van der Waals surface area contributed by atoms with Gasteiger partial charge >= 0.3 is 0 Å². The topological polar surface area (TPSA) is 73.5 Å². The van der Waals surface area contributed by atoms with Crippen molar-refractivity contribution in [1.82, 2.24) is 9.29 Å². The van der Waals surface area contributed by atoms with Gasteiger partial charge in [-0.1, -0.05) is 24.1 Å². The fourth-order valence-corrected chi connectivity index (χ4v) is 6.10. The van der Waals surface area contributed by atoms with Gasteiger partial charge in [-0.25, -0.2) is 8.42 Å². The van der Waals surface area contributed by atoms with Crippen molar-refractivity contribution in [3.63, 3.8) is 0 Å². The van der Waals surface area contributed by atoms with Gasteiger partial charge in [0.2, 0.25) is 10.0 Å². The summed E-state index contributed by atoms with van der Waals surface area (Å²) in [6.45, 7) is 1.68. The quantitative estimate of drug-likeness (QED) is 0.659. The van der Waals surface area contributed by atoms with Gasteiger partial charge in [-0.3, -0.25) is 4.79 Å². The second-order valence-electron chi connectivity index (χ2n) is 7.88. The Labute approximate surface area is 180 Å². The van der Waals surface area contributed by atoms with Crippen molar-refractivity contribution in [2.24, 2.45) is 0 Å². The van der Waals surface area contributed by atoms with Crippen LogP contribution in [0, 0.1) is 0 Å². The number of aromatic nitrogens is 1. The van der Waals surface area contributed by atoms with Crippen molar-refractivity contribution in [2.45, 2.75) is 30.6 Å². The zero-order valence-electron chi connectivity index (χ0n) is 16.4. The van der Waals surface area contributed by atoms with Gasteiger partial charge in [0, 0.05) is 41.2 Å². The maximum atomic E-state index is 13.1. The first-order valence-electron chi connectivity index (χ1n) is 10.2. The van der Waals surface area contributed by atoms with Crippen molar-refractivity contribution in [3.05, 3.63) is 58.7 Å². The summed E-state index contributed by atoms with van der Waals surface area (Å²) < 4.78 is 27.5. The lowest BCUT2D eigenvalue weighted by Crippen LogP contribution is -2.35. The van der Waals surface area contributed by atoms with Gasteiger partial charge in [0.1, 0.15) is 5.69 Å². The number of fused-ring (bicyclic) bond motifs is 2. The average molecular weight is 444 g/mol.